The van der Waals surface area contributed by atoms with Crippen LogP contribution in [-0.2, 0) is 13.1 Å². The zero-order chi connectivity index (χ0) is 12.3. The number of hydrogen-bond acceptors (Lipinski definition) is 3. The van der Waals surface area contributed by atoms with Gasteiger partial charge in [-0.3, -0.25) is 4.90 Å². The molecule has 1 aromatic heterocycles. The van der Waals surface area contributed by atoms with Crippen LogP contribution in [0, 0.1) is 5.92 Å². The fourth-order valence-electron chi connectivity index (χ4n) is 2.77. The van der Waals surface area contributed by atoms with Gasteiger partial charge < -0.3 is 10.2 Å². The molecular weight excluding hydrogens is 212 g/mol. The van der Waals surface area contributed by atoms with E-state index in [9.17, 15) is 0 Å². The average Bonchev–Trinajstić information content (AvgIpc) is 2.77. The van der Waals surface area contributed by atoms with Crippen LogP contribution in [0.3, 0.4) is 0 Å². The summed E-state index contributed by atoms with van der Waals surface area (Å²) in [4.78, 5) is 2.45. The molecule has 0 aromatic carbocycles. The van der Waals surface area contributed by atoms with Gasteiger partial charge in [-0.25, -0.2) is 0 Å². The van der Waals surface area contributed by atoms with Crippen LogP contribution in [0.15, 0.2) is 16.7 Å². The van der Waals surface area contributed by atoms with Gasteiger partial charge in [-0.2, -0.15) is 0 Å². The molecule has 1 fully saturated rings. The van der Waals surface area contributed by atoms with Crippen molar-refractivity contribution in [1.82, 2.24) is 4.90 Å². The summed E-state index contributed by atoms with van der Waals surface area (Å²) < 4.78 is 5.37. The van der Waals surface area contributed by atoms with E-state index in [-0.39, 0.29) is 0 Å². The molecule has 0 amide bonds. The van der Waals surface area contributed by atoms with Gasteiger partial charge in [0.05, 0.1) is 12.8 Å². The van der Waals surface area contributed by atoms with E-state index in [1.54, 1.807) is 6.26 Å². The average molecular weight is 236 g/mol. The van der Waals surface area contributed by atoms with Gasteiger partial charge in [0.1, 0.15) is 5.76 Å². The molecule has 1 aromatic rings. The molecule has 2 rings (SSSR count). The molecule has 0 spiro atoms. The SMILES string of the molecule is CC1CCC(N(C)Cc2ccoc2CN)CC1. The standard InChI is InChI=1S/C14H24N2O/c1-11-3-5-13(6-4-11)16(2)10-12-7-8-17-14(12)9-15/h7-8,11,13H,3-6,9-10,15H2,1-2H3. The summed E-state index contributed by atoms with van der Waals surface area (Å²) in [5.74, 6) is 1.84. The number of nitrogens with two attached hydrogens (primary N) is 1. The summed E-state index contributed by atoms with van der Waals surface area (Å²) in [7, 11) is 2.22. The highest BCUT2D eigenvalue weighted by Crippen LogP contribution is 2.27. The summed E-state index contributed by atoms with van der Waals surface area (Å²) in [5.41, 5.74) is 6.90. The molecule has 0 saturated heterocycles. The first-order valence-corrected chi connectivity index (χ1v) is 6.66. The van der Waals surface area contributed by atoms with Crippen molar-refractivity contribution < 1.29 is 4.42 Å². The lowest BCUT2D eigenvalue weighted by Gasteiger charge is -2.33. The number of furan rings is 1. The zero-order valence-electron chi connectivity index (χ0n) is 11.0. The Bertz CT molecular complexity index is 340. The molecule has 1 heterocycles. The molecule has 0 bridgehead atoms. The van der Waals surface area contributed by atoms with Crippen LogP contribution in [0.25, 0.3) is 0 Å². The van der Waals surface area contributed by atoms with Crippen LogP contribution in [0.4, 0.5) is 0 Å². The largest absolute Gasteiger partial charge is 0.468 e. The number of hydrogen-bond donors (Lipinski definition) is 1. The maximum atomic E-state index is 5.66. The Labute approximate surface area is 104 Å². The van der Waals surface area contributed by atoms with E-state index < -0.39 is 0 Å². The second-order valence-corrected chi connectivity index (χ2v) is 5.40. The molecular formula is C14H24N2O. The minimum atomic E-state index is 0.498. The highest BCUT2D eigenvalue weighted by atomic mass is 16.3. The van der Waals surface area contributed by atoms with Crippen molar-refractivity contribution in [1.29, 1.82) is 0 Å². The maximum Gasteiger partial charge on any atom is 0.121 e. The third-order valence-electron chi connectivity index (χ3n) is 4.05. The van der Waals surface area contributed by atoms with E-state index in [4.69, 9.17) is 10.2 Å². The van der Waals surface area contributed by atoms with Crippen LogP contribution >= 0.6 is 0 Å². The maximum absolute atomic E-state index is 5.66. The predicted octanol–water partition coefficient (Wildman–Crippen LogP) is 2.75. The molecule has 96 valence electrons. The number of rotatable bonds is 4. The molecule has 1 aliphatic rings. The molecule has 3 nitrogen and oxygen atoms in total. The second kappa shape index (κ2) is 5.69. The molecule has 2 N–H and O–H groups in total. The van der Waals surface area contributed by atoms with Crippen LogP contribution in [0.1, 0.15) is 43.9 Å². The summed E-state index contributed by atoms with van der Waals surface area (Å²) in [5, 5.41) is 0. The Kier molecular flexibility index (Phi) is 4.24. The van der Waals surface area contributed by atoms with Crippen molar-refractivity contribution in [2.24, 2.45) is 11.7 Å². The highest BCUT2D eigenvalue weighted by Gasteiger charge is 2.22. The minimum absolute atomic E-state index is 0.498. The Balaban J connectivity index is 1.90. The summed E-state index contributed by atoms with van der Waals surface area (Å²) in [6, 6.07) is 2.77. The fraction of sp³-hybridized carbons (Fsp3) is 0.714. The van der Waals surface area contributed by atoms with E-state index in [0.29, 0.717) is 6.54 Å². The topological polar surface area (TPSA) is 42.4 Å². The van der Waals surface area contributed by atoms with Crippen molar-refractivity contribution in [3.63, 3.8) is 0 Å². The Morgan fingerprint density at radius 2 is 2.06 bits per heavy atom. The third-order valence-corrected chi connectivity index (χ3v) is 4.05. The Morgan fingerprint density at radius 1 is 1.35 bits per heavy atom. The lowest BCUT2D eigenvalue weighted by Crippen LogP contribution is -2.34. The minimum Gasteiger partial charge on any atom is -0.468 e. The predicted molar refractivity (Wildman–Crippen MR) is 69.5 cm³/mol. The van der Waals surface area contributed by atoms with E-state index in [2.05, 4.69) is 18.9 Å². The lowest BCUT2D eigenvalue weighted by molar-refractivity contribution is 0.163. The third kappa shape index (κ3) is 3.11. The van der Waals surface area contributed by atoms with Gasteiger partial charge >= 0.3 is 0 Å². The van der Waals surface area contributed by atoms with E-state index in [1.165, 1.54) is 31.2 Å². The summed E-state index contributed by atoms with van der Waals surface area (Å²) in [6.45, 7) is 3.82. The molecule has 0 atom stereocenters. The van der Waals surface area contributed by atoms with Gasteiger partial charge in [0.25, 0.3) is 0 Å². The van der Waals surface area contributed by atoms with Crippen LogP contribution in [0.2, 0.25) is 0 Å². The van der Waals surface area contributed by atoms with Gasteiger partial charge in [0, 0.05) is 18.2 Å². The van der Waals surface area contributed by atoms with Crippen molar-refractivity contribution in [2.45, 2.75) is 51.7 Å². The van der Waals surface area contributed by atoms with Crippen LogP contribution in [0.5, 0.6) is 0 Å². The smallest absolute Gasteiger partial charge is 0.121 e. The monoisotopic (exact) mass is 236 g/mol. The van der Waals surface area contributed by atoms with Gasteiger partial charge in [0.2, 0.25) is 0 Å². The fourth-order valence-corrected chi connectivity index (χ4v) is 2.77. The molecule has 1 aliphatic carbocycles. The summed E-state index contributed by atoms with van der Waals surface area (Å²) >= 11 is 0. The Morgan fingerprint density at radius 3 is 2.71 bits per heavy atom. The molecule has 1 saturated carbocycles. The first-order chi connectivity index (χ1) is 8.20. The first-order valence-electron chi connectivity index (χ1n) is 6.66. The lowest BCUT2D eigenvalue weighted by atomic mass is 9.86. The van der Waals surface area contributed by atoms with Gasteiger partial charge in [0.15, 0.2) is 0 Å². The molecule has 17 heavy (non-hydrogen) atoms. The molecule has 0 aliphatic heterocycles. The van der Waals surface area contributed by atoms with Crippen molar-refractivity contribution in [2.75, 3.05) is 7.05 Å². The van der Waals surface area contributed by atoms with E-state index >= 15 is 0 Å². The summed E-state index contributed by atoms with van der Waals surface area (Å²) in [6.07, 6.45) is 7.13. The van der Waals surface area contributed by atoms with Crippen molar-refractivity contribution in [3.05, 3.63) is 23.7 Å². The highest BCUT2D eigenvalue weighted by molar-refractivity contribution is 5.16. The van der Waals surface area contributed by atoms with Gasteiger partial charge in [-0.05, 0) is 44.7 Å². The molecule has 3 heteroatoms. The van der Waals surface area contributed by atoms with E-state index in [0.717, 1.165) is 24.3 Å². The van der Waals surface area contributed by atoms with Crippen molar-refractivity contribution >= 4 is 0 Å². The van der Waals surface area contributed by atoms with Gasteiger partial charge in [-0.15, -0.1) is 0 Å². The van der Waals surface area contributed by atoms with E-state index in [1.807, 2.05) is 6.07 Å². The normalized spacial score (nSPS) is 25.4. The quantitative estimate of drug-likeness (QED) is 0.874. The molecule has 0 radical (unpaired) electrons. The second-order valence-electron chi connectivity index (χ2n) is 5.40. The zero-order valence-corrected chi connectivity index (χ0v) is 11.0. The van der Waals surface area contributed by atoms with Crippen LogP contribution < -0.4 is 5.73 Å². The Hall–Kier alpha value is -0.800. The van der Waals surface area contributed by atoms with Crippen molar-refractivity contribution in [3.8, 4) is 0 Å². The van der Waals surface area contributed by atoms with Gasteiger partial charge in [-0.1, -0.05) is 6.92 Å². The van der Waals surface area contributed by atoms with Crippen LogP contribution in [-0.4, -0.2) is 18.0 Å². The number of nitrogens with zero attached hydrogens (tertiary/aromatic N) is 1. The molecule has 0 unspecified atom stereocenters. The first kappa shape index (κ1) is 12.7.